The predicted octanol–water partition coefficient (Wildman–Crippen LogP) is 2.87. The number of nitrogens with zero attached hydrogens (tertiary/aromatic N) is 2. The summed E-state index contributed by atoms with van der Waals surface area (Å²) >= 11 is 0. The van der Waals surface area contributed by atoms with Crippen LogP contribution >= 0.6 is 0 Å². The van der Waals surface area contributed by atoms with E-state index in [4.69, 9.17) is 9.47 Å². The minimum Gasteiger partial charge on any atom is -0.454 e. The molecular weight excluding hydrogens is 342 g/mol. The first-order valence-electron chi connectivity index (χ1n) is 9.37. The van der Waals surface area contributed by atoms with Crippen LogP contribution in [0.1, 0.15) is 12.5 Å². The summed E-state index contributed by atoms with van der Waals surface area (Å²) in [6.07, 6.45) is 0. The van der Waals surface area contributed by atoms with Crippen LogP contribution in [-0.2, 0) is 4.79 Å². The second-order valence-corrected chi connectivity index (χ2v) is 7.04. The van der Waals surface area contributed by atoms with E-state index < -0.39 is 0 Å². The van der Waals surface area contributed by atoms with E-state index in [-0.39, 0.29) is 18.7 Å². The van der Waals surface area contributed by atoms with Crippen molar-refractivity contribution in [1.29, 1.82) is 0 Å². The van der Waals surface area contributed by atoms with Gasteiger partial charge in [-0.15, -0.1) is 0 Å². The van der Waals surface area contributed by atoms with Crippen LogP contribution < -0.4 is 19.7 Å². The normalized spacial score (nSPS) is 17.6. The Labute approximate surface area is 159 Å². The second-order valence-electron chi connectivity index (χ2n) is 7.04. The molecule has 0 bridgehead atoms. The van der Waals surface area contributed by atoms with Gasteiger partial charge in [-0.05, 0) is 37.6 Å². The van der Waals surface area contributed by atoms with Crippen molar-refractivity contribution in [2.24, 2.45) is 0 Å². The molecule has 2 aliphatic heterocycles. The van der Waals surface area contributed by atoms with Gasteiger partial charge in [-0.2, -0.15) is 0 Å². The summed E-state index contributed by atoms with van der Waals surface area (Å²) in [4.78, 5) is 17.3. The maximum atomic E-state index is 12.7. The largest absolute Gasteiger partial charge is 0.454 e. The molecule has 1 amide bonds. The van der Waals surface area contributed by atoms with E-state index in [9.17, 15) is 4.79 Å². The number of hydrogen-bond acceptors (Lipinski definition) is 5. The zero-order valence-corrected chi connectivity index (χ0v) is 15.8. The number of rotatable bonds is 4. The van der Waals surface area contributed by atoms with Crippen molar-refractivity contribution in [3.8, 4) is 11.5 Å². The first-order valence-corrected chi connectivity index (χ1v) is 9.37. The van der Waals surface area contributed by atoms with E-state index >= 15 is 0 Å². The molecule has 0 saturated carbocycles. The Kier molecular flexibility index (Phi) is 4.90. The van der Waals surface area contributed by atoms with Gasteiger partial charge in [0.05, 0.1) is 6.04 Å². The zero-order valence-electron chi connectivity index (χ0n) is 15.8. The van der Waals surface area contributed by atoms with Crippen molar-refractivity contribution in [3.63, 3.8) is 0 Å². The maximum absolute atomic E-state index is 12.7. The Balaban J connectivity index is 1.34. The lowest BCUT2D eigenvalue weighted by Crippen LogP contribution is -2.53. The molecule has 1 unspecified atom stereocenters. The van der Waals surface area contributed by atoms with Crippen LogP contribution in [0.15, 0.2) is 42.5 Å². The minimum absolute atomic E-state index is 0.00166. The van der Waals surface area contributed by atoms with Crippen LogP contribution in [0.25, 0.3) is 0 Å². The average molecular weight is 367 g/mol. The van der Waals surface area contributed by atoms with Gasteiger partial charge in [0, 0.05) is 43.6 Å². The van der Waals surface area contributed by atoms with Crippen molar-refractivity contribution in [1.82, 2.24) is 4.90 Å². The fraction of sp³-hybridized carbons (Fsp3) is 0.381. The topological polar surface area (TPSA) is 54.0 Å². The van der Waals surface area contributed by atoms with Gasteiger partial charge in [0.25, 0.3) is 0 Å². The quantitative estimate of drug-likeness (QED) is 0.901. The summed E-state index contributed by atoms with van der Waals surface area (Å²) in [6, 6.07) is 13.7. The standard InChI is InChI=1S/C21H25N3O3/c1-15-5-3-4-6-18(15)24-11-9-23(10-12-24)16(2)21(25)22-17-7-8-19-20(13-17)27-14-26-19/h3-8,13,16H,9-12,14H2,1-2H3,(H,22,25). The minimum atomic E-state index is -0.186. The Morgan fingerprint density at radius 1 is 1.04 bits per heavy atom. The van der Waals surface area contributed by atoms with Crippen molar-refractivity contribution < 1.29 is 14.3 Å². The number of fused-ring (bicyclic) bond motifs is 1. The van der Waals surface area contributed by atoms with Crippen molar-refractivity contribution >= 4 is 17.3 Å². The number of amides is 1. The highest BCUT2D eigenvalue weighted by molar-refractivity contribution is 5.94. The molecule has 6 nitrogen and oxygen atoms in total. The highest BCUT2D eigenvalue weighted by Crippen LogP contribution is 2.34. The Hall–Kier alpha value is -2.73. The van der Waals surface area contributed by atoms with Gasteiger partial charge < -0.3 is 19.7 Å². The van der Waals surface area contributed by atoms with Gasteiger partial charge in [0.1, 0.15) is 0 Å². The lowest BCUT2D eigenvalue weighted by atomic mass is 10.1. The van der Waals surface area contributed by atoms with E-state index in [0.717, 1.165) is 31.9 Å². The Morgan fingerprint density at radius 3 is 2.56 bits per heavy atom. The van der Waals surface area contributed by atoms with Gasteiger partial charge in [-0.3, -0.25) is 9.69 Å². The molecule has 1 atom stereocenters. The molecule has 0 spiro atoms. The van der Waals surface area contributed by atoms with Crippen LogP contribution in [0.5, 0.6) is 11.5 Å². The molecule has 2 aromatic carbocycles. The summed E-state index contributed by atoms with van der Waals surface area (Å²) in [5.74, 6) is 1.39. The van der Waals surface area contributed by atoms with E-state index in [0.29, 0.717) is 11.5 Å². The summed E-state index contributed by atoms with van der Waals surface area (Å²) in [5.41, 5.74) is 3.31. The maximum Gasteiger partial charge on any atom is 0.241 e. The molecule has 0 aromatic heterocycles. The molecule has 1 N–H and O–H groups in total. The Morgan fingerprint density at radius 2 is 1.78 bits per heavy atom. The van der Waals surface area contributed by atoms with Crippen LogP contribution in [0.3, 0.4) is 0 Å². The number of nitrogens with one attached hydrogen (secondary N) is 1. The zero-order chi connectivity index (χ0) is 18.8. The highest BCUT2D eigenvalue weighted by Gasteiger charge is 2.26. The Bertz CT molecular complexity index is 831. The highest BCUT2D eigenvalue weighted by atomic mass is 16.7. The SMILES string of the molecule is Cc1ccccc1N1CCN(C(C)C(=O)Nc2ccc3c(c2)OCO3)CC1. The summed E-state index contributed by atoms with van der Waals surface area (Å²) in [7, 11) is 0. The predicted molar refractivity (Wildman–Crippen MR) is 106 cm³/mol. The number of aryl methyl sites for hydroxylation is 1. The van der Waals surface area contributed by atoms with Crippen LogP contribution in [-0.4, -0.2) is 49.8 Å². The number of anilines is 2. The molecule has 6 heteroatoms. The number of para-hydroxylation sites is 1. The molecule has 2 heterocycles. The van der Waals surface area contributed by atoms with E-state index in [1.54, 1.807) is 0 Å². The van der Waals surface area contributed by atoms with Gasteiger partial charge in [0.2, 0.25) is 12.7 Å². The van der Waals surface area contributed by atoms with E-state index in [1.165, 1.54) is 11.3 Å². The summed E-state index contributed by atoms with van der Waals surface area (Å²) in [5, 5.41) is 2.99. The number of ether oxygens (including phenoxy) is 2. The summed E-state index contributed by atoms with van der Waals surface area (Å²) in [6.45, 7) is 7.91. The molecule has 4 rings (SSSR count). The fourth-order valence-electron chi connectivity index (χ4n) is 3.66. The van der Waals surface area contributed by atoms with Crippen LogP contribution in [0.2, 0.25) is 0 Å². The fourth-order valence-corrected chi connectivity index (χ4v) is 3.66. The van der Waals surface area contributed by atoms with Crippen LogP contribution in [0, 0.1) is 6.92 Å². The molecular formula is C21H25N3O3. The van der Waals surface area contributed by atoms with Gasteiger partial charge in [-0.1, -0.05) is 18.2 Å². The lowest BCUT2D eigenvalue weighted by molar-refractivity contribution is -0.120. The third-order valence-corrected chi connectivity index (χ3v) is 5.34. The first-order chi connectivity index (χ1) is 13.1. The van der Waals surface area contributed by atoms with E-state index in [2.05, 4.69) is 46.3 Å². The number of benzene rings is 2. The molecule has 27 heavy (non-hydrogen) atoms. The third-order valence-electron chi connectivity index (χ3n) is 5.34. The van der Waals surface area contributed by atoms with Crippen molar-refractivity contribution in [2.75, 3.05) is 43.2 Å². The van der Waals surface area contributed by atoms with Crippen LogP contribution in [0.4, 0.5) is 11.4 Å². The molecule has 0 radical (unpaired) electrons. The molecule has 142 valence electrons. The smallest absolute Gasteiger partial charge is 0.241 e. The first kappa shape index (κ1) is 17.7. The van der Waals surface area contributed by atoms with Gasteiger partial charge >= 0.3 is 0 Å². The molecule has 2 aromatic rings. The monoisotopic (exact) mass is 367 g/mol. The number of carbonyl (C=O) groups is 1. The molecule has 1 fully saturated rings. The number of hydrogen-bond donors (Lipinski definition) is 1. The average Bonchev–Trinajstić information content (AvgIpc) is 3.16. The molecule has 0 aliphatic carbocycles. The molecule has 1 saturated heterocycles. The van der Waals surface area contributed by atoms with Gasteiger partial charge in [-0.25, -0.2) is 0 Å². The third kappa shape index (κ3) is 3.71. The second kappa shape index (κ2) is 7.48. The van der Waals surface area contributed by atoms with Crippen molar-refractivity contribution in [3.05, 3.63) is 48.0 Å². The lowest BCUT2D eigenvalue weighted by Gasteiger charge is -2.39. The number of piperazine rings is 1. The molecule has 2 aliphatic rings. The van der Waals surface area contributed by atoms with Crippen molar-refractivity contribution in [2.45, 2.75) is 19.9 Å². The van der Waals surface area contributed by atoms with E-state index in [1.807, 2.05) is 25.1 Å². The number of carbonyl (C=O) groups excluding carboxylic acids is 1. The van der Waals surface area contributed by atoms with Gasteiger partial charge in [0.15, 0.2) is 11.5 Å². The summed E-state index contributed by atoms with van der Waals surface area (Å²) < 4.78 is 10.7.